The van der Waals surface area contributed by atoms with E-state index in [1.165, 1.54) is 19.2 Å². The van der Waals surface area contributed by atoms with Gasteiger partial charge in [-0.1, -0.05) is 12.1 Å². The molecule has 0 bridgehead atoms. The topological polar surface area (TPSA) is 61.8 Å². The molecule has 1 rings (SSSR count). The molecule has 0 amide bonds. The van der Waals surface area contributed by atoms with Gasteiger partial charge in [-0.2, -0.15) is 0 Å². The van der Waals surface area contributed by atoms with E-state index >= 15 is 0 Å². The van der Waals surface area contributed by atoms with Crippen molar-refractivity contribution in [3.8, 4) is 0 Å². The van der Waals surface area contributed by atoms with Crippen LogP contribution in [0.5, 0.6) is 0 Å². The number of carbonyl (C=O) groups is 2. The van der Waals surface area contributed by atoms with Gasteiger partial charge in [-0.05, 0) is 19.1 Å². The molecule has 5 heteroatoms. The van der Waals surface area contributed by atoms with Crippen LogP contribution >= 0.6 is 0 Å². The monoisotopic (exact) mass is 252 g/mol. The molecule has 0 aliphatic rings. The van der Waals surface area contributed by atoms with Gasteiger partial charge in [0.1, 0.15) is 6.61 Å². The fourth-order valence-corrected chi connectivity index (χ4v) is 1.36. The molecule has 0 spiro atoms. The summed E-state index contributed by atoms with van der Waals surface area (Å²) in [5.41, 5.74) is 0.391. The van der Waals surface area contributed by atoms with E-state index in [1.807, 2.05) is 6.92 Å². The first-order valence-corrected chi connectivity index (χ1v) is 5.63. The summed E-state index contributed by atoms with van der Waals surface area (Å²) in [6.07, 6.45) is 0. The van der Waals surface area contributed by atoms with Crippen molar-refractivity contribution in [1.29, 1.82) is 0 Å². The maximum absolute atomic E-state index is 11.8. The lowest BCUT2D eigenvalue weighted by Crippen LogP contribution is -2.15. The van der Waals surface area contributed by atoms with Gasteiger partial charge in [0, 0.05) is 6.61 Å². The predicted octanol–water partition coefficient (Wildman–Crippen LogP) is 1.67. The molecule has 0 saturated heterocycles. The molecule has 1 aromatic carbocycles. The Hall–Kier alpha value is -1.88. The maximum Gasteiger partial charge on any atom is 0.339 e. The van der Waals surface area contributed by atoms with Crippen LogP contribution < -0.4 is 0 Å². The molecule has 0 saturated carbocycles. The van der Waals surface area contributed by atoms with E-state index in [0.29, 0.717) is 13.2 Å². The molecular weight excluding hydrogens is 236 g/mol. The summed E-state index contributed by atoms with van der Waals surface area (Å²) < 4.78 is 14.6. The molecule has 0 fully saturated rings. The zero-order valence-electron chi connectivity index (χ0n) is 10.5. The van der Waals surface area contributed by atoms with Crippen LogP contribution in [-0.4, -0.2) is 38.9 Å². The normalized spacial score (nSPS) is 9.89. The molecule has 0 heterocycles. The second-order valence-corrected chi connectivity index (χ2v) is 3.37. The van der Waals surface area contributed by atoms with Crippen molar-refractivity contribution >= 4 is 11.9 Å². The highest BCUT2D eigenvalue weighted by Crippen LogP contribution is 2.11. The summed E-state index contributed by atoms with van der Waals surface area (Å²) in [6, 6.07) is 6.36. The second-order valence-electron chi connectivity index (χ2n) is 3.37. The number of ether oxygens (including phenoxy) is 3. The van der Waals surface area contributed by atoms with Crippen LogP contribution in [-0.2, 0) is 14.2 Å². The molecule has 0 atom stereocenters. The fraction of sp³-hybridized carbons (Fsp3) is 0.385. The molecule has 18 heavy (non-hydrogen) atoms. The molecule has 98 valence electrons. The number of hydrogen-bond donors (Lipinski definition) is 0. The lowest BCUT2D eigenvalue weighted by atomic mass is 10.1. The van der Waals surface area contributed by atoms with E-state index in [0.717, 1.165) is 0 Å². The van der Waals surface area contributed by atoms with Crippen LogP contribution in [0.4, 0.5) is 0 Å². The van der Waals surface area contributed by atoms with Crippen molar-refractivity contribution in [2.24, 2.45) is 0 Å². The van der Waals surface area contributed by atoms with Crippen LogP contribution in [0.2, 0.25) is 0 Å². The van der Waals surface area contributed by atoms with E-state index in [4.69, 9.17) is 9.47 Å². The third-order valence-electron chi connectivity index (χ3n) is 2.22. The maximum atomic E-state index is 11.8. The fourth-order valence-electron chi connectivity index (χ4n) is 1.36. The summed E-state index contributed by atoms with van der Waals surface area (Å²) >= 11 is 0. The quantitative estimate of drug-likeness (QED) is 0.569. The SMILES string of the molecule is CCOCCOC(=O)c1ccccc1C(=O)OC. The van der Waals surface area contributed by atoms with Gasteiger partial charge in [0.25, 0.3) is 0 Å². The molecule has 0 N–H and O–H groups in total. The number of benzene rings is 1. The molecule has 0 aromatic heterocycles. The van der Waals surface area contributed by atoms with Gasteiger partial charge in [-0.15, -0.1) is 0 Å². The zero-order valence-corrected chi connectivity index (χ0v) is 10.5. The minimum atomic E-state index is -0.563. The van der Waals surface area contributed by atoms with Gasteiger partial charge >= 0.3 is 11.9 Å². The van der Waals surface area contributed by atoms with Crippen LogP contribution in [0.3, 0.4) is 0 Å². The Morgan fingerprint density at radius 2 is 1.67 bits per heavy atom. The first kappa shape index (κ1) is 14.2. The van der Waals surface area contributed by atoms with E-state index in [2.05, 4.69) is 4.74 Å². The van der Waals surface area contributed by atoms with E-state index in [1.54, 1.807) is 12.1 Å². The van der Waals surface area contributed by atoms with E-state index in [9.17, 15) is 9.59 Å². The zero-order chi connectivity index (χ0) is 13.4. The number of hydrogen-bond acceptors (Lipinski definition) is 5. The van der Waals surface area contributed by atoms with Crippen molar-refractivity contribution in [2.45, 2.75) is 6.92 Å². The average molecular weight is 252 g/mol. The van der Waals surface area contributed by atoms with Crippen LogP contribution in [0.15, 0.2) is 24.3 Å². The Morgan fingerprint density at radius 3 is 2.22 bits per heavy atom. The Balaban J connectivity index is 2.70. The van der Waals surface area contributed by atoms with Gasteiger partial charge in [0.05, 0.1) is 24.8 Å². The van der Waals surface area contributed by atoms with Gasteiger partial charge < -0.3 is 14.2 Å². The standard InChI is InChI=1S/C13H16O5/c1-3-17-8-9-18-13(15)11-7-5-4-6-10(11)12(14)16-2/h4-7H,3,8-9H2,1-2H3. The van der Waals surface area contributed by atoms with Gasteiger partial charge in [-0.25, -0.2) is 9.59 Å². The van der Waals surface area contributed by atoms with E-state index in [-0.39, 0.29) is 17.7 Å². The molecular formula is C13H16O5. The van der Waals surface area contributed by atoms with Crippen molar-refractivity contribution in [3.05, 3.63) is 35.4 Å². The predicted molar refractivity (Wildman–Crippen MR) is 64.6 cm³/mol. The number of methoxy groups -OCH3 is 1. The van der Waals surface area contributed by atoms with Crippen molar-refractivity contribution in [3.63, 3.8) is 0 Å². The second kappa shape index (κ2) is 7.45. The Labute approximate surface area is 106 Å². The summed E-state index contributed by atoms with van der Waals surface area (Å²) in [6.45, 7) is 2.91. The lowest BCUT2D eigenvalue weighted by molar-refractivity contribution is 0.0329. The summed E-state index contributed by atoms with van der Waals surface area (Å²) in [5, 5.41) is 0. The molecule has 1 aromatic rings. The third-order valence-corrected chi connectivity index (χ3v) is 2.22. The number of esters is 2. The molecule has 0 radical (unpaired) electrons. The summed E-state index contributed by atoms with van der Waals surface area (Å²) in [7, 11) is 1.26. The minimum absolute atomic E-state index is 0.155. The first-order valence-electron chi connectivity index (χ1n) is 5.63. The van der Waals surface area contributed by atoms with Crippen LogP contribution in [0.25, 0.3) is 0 Å². The van der Waals surface area contributed by atoms with Gasteiger partial charge in [0.15, 0.2) is 0 Å². The highest BCUT2D eigenvalue weighted by molar-refractivity contribution is 6.03. The largest absolute Gasteiger partial charge is 0.465 e. The Morgan fingerprint density at radius 1 is 1.06 bits per heavy atom. The van der Waals surface area contributed by atoms with Crippen molar-refractivity contribution in [1.82, 2.24) is 0 Å². The molecule has 0 aliphatic heterocycles. The molecule has 5 nitrogen and oxygen atoms in total. The first-order chi connectivity index (χ1) is 8.70. The highest BCUT2D eigenvalue weighted by atomic mass is 16.6. The third kappa shape index (κ3) is 3.85. The number of rotatable bonds is 6. The minimum Gasteiger partial charge on any atom is -0.465 e. The van der Waals surface area contributed by atoms with Gasteiger partial charge in [-0.3, -0.25) is 0 Å². The Kier molecular flexibility index (Phi) is 5.87. The van der Waals surface area contributed by atoms with E-state index < -0.39 is 11.9 Å². The number of carbonyl (C=O) groups excluding carboxylic acids is 2. The summed E-state index contributed by atoms with van der Waals surface area (Å²) in [4.78, 5) is 23.2. The van der Waals surface area contributed by atoms with Crippen molar-refractivity contribution in [2.75, 3.05) is 26.9 Å². The lowest BCUT2D eigenvalue weighted by Gasteiger charge is -2.08. The smallest absolute Gasteiger partial charge is 0.339 e. The van der Waals surface area contributed by atoms with Crippen LogP contribution in [0.1, 0.15) is 27.6 Å². The average Bonchev–Trinajstić information content (AvgIpc) is 2.42. The molecule has 0 aliphatic carbocycles. The van der Waals surface area contributed by atoms with Crippen molar-refractivity contribution < 1.29 is 23.8 Å². The Bertz CT molecular complexity index is 414. The highest BCUT2D eigenvalue weighted by Gasteiger charge is 2.17. The van der Waals surface area contributed by atoms with Crippen LogP contribution in [0, 0.1) is 0 Å². The summed E-state index contributed by atoms with van der Waals surface area (Å²) in [5.74, 6) is -1.12. The molecule has 0 unspecified atom stereocenters. The van der Waals surface area contributed by atoms with Gasteiger partial charge in [0.2, 0.25) is 0 Å².